The van der Waals surface area contributed by atoms with Crippen LogP contribution >= 0.6 is 0 Å². The number of aliphatic hydroxyl groups is 1. The first-order chi connectivity index (χ1) is 17.3. The van der Waals surface area contributed by atoms with Crippen LogP contribution in [0.3, 0.4) is 0 Å². The monoisotopic (exact) mass is 486 g/mol. The normalized spacial score (nSPS) is 24.1. The Labute approximate surface area is 206 Å². The van der Waals surface area contributed by atoms with Crippen LogP contribution in [0.1, 0.15) is 36.5 Å². The van der Waals surface area contributed by atoms with Gasteiger partial charge < -0.3 is 24.8 Å². The highest BCUT2D eigenvalue weighted by Crippen LogP contribution is 2.65. The molecule has 36 heavy (non-hydrogen) atoms. The van der Waals surface area contributed by atoms with E-state index in [9.17, 15) is 25.0 Å². The fraction of sp³-hybridized carbons (Fsp3) is 0.250. The smallest absolute Gasteiger partial charge is 0.205 e. The number of benzene rings is 3. The van der Waals surface area contributed by atoms with E-state index in [2.05, 4.69) is 6.07 Å². The Balaban J connectivity index is 1.45. The van der Waals surface area contributed by atoms with Gasteiger partial charge >= 0.3 is 0 Å². The molecule has 0 spiro atoms. The SMILES string of the molecule is C[C@@]12O[C@@](CCOc3ccc(F)cc3)(CC1O)c1c2c(O)n(-c2ccc(C#N)c3ccccc23)c1O. The number of fused-ring (bicyclic) bond motifs is 6. The first-order valence-electron chi connectivity index (χ1n) is 11.7. The van der Waals surface area contributed by atoms with E-state index >= 15 is 0 Å². The predicted octanol–water partition coefficient (Wildman–Crippen LogP) is 4.73. The fourth-order valence-electron chi connectivity index (χ4n) is 5.79. The van der Waals surface area contributed by atoms with Crippen molar-refractivity contribution in [2.24, 2.45) is 0 Å². The Hall–Kier alpha value is -4.06. The van der Waals surface area contributed by atoms with Crippen molar-refractivity contribution in [2.45, 2.75) is 37.1 Å². The number of rotatable bonds is 5. The average Bonchev–Trinajstić information content (AvgIpc) is 3.41. The topological polar surface area (TPSA) is 108 Å². The highest BCUT2D eigenvalue weighted by atomic mass is 19.1. The van der Waals surface area contributed by atoms with E-state index in [-0.39, 0.29) is 37.0 Å². The third-order valence-corrected chi connectivity index (χ3v) is 7.49. The summed E-state index contributed by atoms with van der Waals surface area (Å²) in [5, 5.41) is 44.7. The van der Waals surface area contributed by atoms with Crippen LogP contribution < -0.4 is 4.74 Å². The van der Waals surface area contributed by atoms with Gasteiger partial charge in [-0.1, -0.05) is 24.3 Å². The highest BCUT2D eigenvalue weighted by molar-refractivity contribution is 5.95. The minimum atomic E-state index is -1.22. The fourth-order valence-corrected chi connectivity index (χ4v) is 5.79. The molecule has 1 aromatic heterocycles. The number of nitriles is 1. The van der Waals surface area contributed by atoms with Gasteiger partial charge in [-0.25, -0.2) is 4.39 Å². The molecule has 3 atom stereocenters. The number of halogens is 1. The molecule has 1 fully saturated rings. The summed E-state index contributed by atoms with van der Waals surface area (Å²) in [7, 11) is 0. The molecule has 8 heteroatoms. The molecule has 4 aromatic rings. The molecule has 0 amide bonds. The standard InChI is InChI=1S/C28H23FN2O5/c1-27-22(32)14-28(36-27,12-13-35-18-9-7-17(29)8-10-18)24-23(27)25(33)31(26(24)34)21-11-6-16(15-30)19-4-2-3-5-20(19)21/h2-11,22,32-34H,12-14H2,1H3/t22?,27-,28+/m1/s1. The summed E-state index contributed by atoms with van der Waals surface area (Å²) in [4.78, 5) is 0. The number of aliphatic hydroxyl groups excluding tert-OH is 1. The molecule has 182 valence electrons. The summed E-state index contributed by atoms with van der Waals surface area (Å²) in [6, 6.07) is 18.5. The molecule has 1 unspecified atom stereocenters. The van der Waals surface area contributed by atoms with E-state index in [0.717, 1.165) is 0 Å². The van der Waals surface area contributed by atoms with Crippen molar-refractivity contribution in [1.29, 1.82) is 5.26 Å². The summed E-state index contributed by atoms with van der Waals surface area (Å²) >= 11 is 0. The summed E-state index contributed by atoms with van der Waals surface area (Å²) in [5.74, 6) is -0.285. The van der Waals surface area contributed by atoms with Crippen LogP contribution in [0.2, 0.25) is 0 Å². The van der Waals surface area contributed by atoms with Crippen molar-refractivity contribution in [3.05, 3.63) is 83.2 Å². The van der Waals surface area contributed by atoms with Gasteiger partial charge in [-0.05, 0) is 43.3 Å². The number of hydrogen-bond donors (Lipinski definition) is 3. The molecule has 0 radical (unpaired) electrons. The van der Waals surface area contributed by atoms with Crippen LogP contribution in [0, 0.1) is 17.1 Å². The van der Waals surface area contributed by atoms with E-state index in [1.807, 2.05) is 24.3 Å². The van der Waals surface area contributed by atoms with Gasteiger partial charge in [0.15, 0.2) is 0 Å². The van der Waals surface area contributed by atoms with Gasteiger partial charge in [0.1, 0.15) is 22.8 Å². The molecule has 6 rings (SSSR count). The molecule has 1 saturated heterocycles. The molecule has 0 aliphatic carbocycles. The Morgan fingerprint density at radius 2 is 1.75 bits per heavy atom. The summed E-state index contributed by atoms with van der Waals surface area (Å²) < 4.78 is 26.7. The van der Waals surface area contributed by atoms with E-state index in [0.29, 0.717) is 38.9 Å². The molecule has 0 saturated carbocycles. The third kappa shape index (κ3) is 2.97. The van der Waals surface area contributed by atoms with Crippen molar-refractivity contribution in [1.82, 2.24) is 4.57 Å². The Kier molecular flexibility index (Phi) is 4.80. The number of aromatic nitrogens is 1. The molecule has 3 N–H and O–H groups in total. The van der Waals surface area contributed by atoms with E-state index in [1.54, 1.807) is 19.1 Å². The van der Waals surface area contributed by atoms with Gasteiger partial charge in [-0.2, -0.15) is 5.26 Å². The highest BCUT2D eigenvalue weighted by Gasteiger charge is 2.66. The summed E-state index contributed by atoms with van der Waals surface area (Å²) in [6.45, 7) is 1.88. The second-order valence-corrected chi connectivity index (χ2v) is 9.50. The van der Waals surface area contributed by atoms with Crippen LogP contribution in [0.5, 0.6) is 17.5 Å². The maximum Gasteiger partial charge on any atom is 0.205 e. The van der Waals surface area contributed by atoms with Crippen LogP contribution in [0.15, 0.2) is 60.7 Å². The number of hydrogen-bond acceptors (Lipinski definition) is 6. The Morgan fingerprint density at radius 3 is 2.47 bits per heavy atom. The van der Waals surface area contributed by atoms with Crippen molar-refractivity contribution in [3.8, 4) is 29.3 Å². The lowest BCUT2D eigenvalue weighted by Gasteiger charge is -2.26. The molecule has 2 bridgehead atoms. The second kappa shape index (κ2) is 7.72. The lowest BCUT2D eigenvalue weighted by Crippen LogP contribution is -2.33. The van der Waals surface area contributed by atoms with Gasteiger partial charge in [-0.3, -0.25) is 4.57 Å². The van der Waals surface area contributed by atoms with Crippen molar-refractivity contribution in [2.75, 3.05) is 6.61 Å². The number of ether oxygens (including phenoxy) is 2. The van der Waals surface area contributed by atoms with Crippen molar-refractivity contribution >= 4 is 10.8 Å². The zero-order valence-electron chi connectivity index (χ0n) is 19.4. The number of aromatic hydroxyl groups is 2. The lowest BCUT2D eigenvalue weighted by atomic mass is 9.76. The van der Waals surface area contributed by atoms with Crippen LogP contribution in [-0.2, 0) is 15.9 Å². The van der Waals surface area contributed by atoms with E-state index in [4.69, 9.17) is 9.47 Å². The van der Waals surface area contributed by atoms with Gasteiger partial charge in [0, 0.05) is 23.6 Å². The lowest BCUT2D eigenvalue weighted by molar-refractivity contribution is -0.107. The van der Waals surface area contributed by atoms with Crippen LogP contribution in [0.25, 0.3) is 16.5 Å². The summed E-state index contributed by atoms with van der Waals surface area (Å²) in [5.41, 5.74) is -0.561. The molecule has 2 aliphatic heterocycles. The van der Waals surface area contributed by atoms with Gasteiger partial charge in [0.25, 0.3) is 0 Å². The molecular weight excluding hydrogens is 463 g/mol. The molecule has 3 aromatic carbocycles. The number of nitrogens with zero attached hydrogens (tertiary/aromatic N) is 2. The Morgan fingerprint density at radius 1 is 1.06 bits per heavy atom. The van der Waals surface area contributed by atoms with Gasteiger partial charge in [0.2, 0.25) is 11.8 Å². The quantitative estimate of drug-likeness (QED) is 0.377. The minimum absolute atomic E-state index is 0.180. The zero-order chi connectivity index (χ0) is 25.2. The Bertz CT molecular complexity index is 1560. The van der Waals surface area contributed by atoms with Crippen molar-refractivity contribution in [3.63, 3.8) is 0 Å². The van der Waals surface area contributed by atoms with E-state index < -0.39 is 17.3 Å². The van der Waals surface area contributed by atoms with E-state index in [1.165, 1.54) is 28.8 Å². The van der Waals surface area contributed by atoms with Crippen LogP contribution in [0.4, 0.5) is 4.39 Å². The maximum absolute atomic E-state index is 13.2. The largest absolute Gasteiger partial charge is 0.494 e. The summed E-state index contributed by atoms with van der Waals surface area (Å²) in [6.07, 6.45) is -0.404. The molecule has 2 aliphatic rings. The average molecular weight is 486 g/mol. The first-order valence-corrected chi connectivity index (χ1v) is 11.7. The maximum atomic E-state index is 13.2. The third-order valence-electron chi connectivity index (χ3n) is 7.49. The molecular formula is C28H23FN2O5. The molecule has 7 nitrogen and oxygen atoms in total. The second-order valence-electron chi connectivity index (χ2n) is 9.50. The van der Waals surface area contributed by atoms with Crippen LogP contribution in [-0.4, -0.2) is 32.6 Å². The first kappa shape index (κ1) is 22.4. The van der Waals surface area contributed by atoms with Crippen molar-refractivity contribution < 1.29 is 29.2 Å². The van der Waals surface area contributed by atoms with Gasteiger partial charge in [0.05, 0.1) is 41.2 Å². The predicted molar refractivity (Wildman–Crippen MR) is 129 cm³/mol. The zero-order valence-corrected chi connectivity index (χ0v) is 19.4. The minimum Gasteiger partial charge on any atom is -0.494 e. The van der Waals surface area contributed by atoms with Gasteiger partial charge in [-0.15, -0.1) is 0 Å². The molecule has 3 heterocycles.